The van der Waals surface area contributed by atoms with Crippen LogP contribution in [0.4, 0.5) is 28.8 Å². The molecule has 3 rings (SSSR count). The zero-order valence-electron chi connectivity index (χ0n) is 15.4. The molecule has 0 aliphatic heterocycles. The van der Waals surface area contributed by atoms with Crippen LogP contribution in [0.1, 0.15) is 25.7 Å². The average molecular weight is 445 g/mol. The summed E-state index contributed by atoms with van der Waals surface area (Å²) < 4.78 is 42.3. The van der Waals surface area contributed by atoms with Crippen molar-refractivity contribution < 1.29 is 27.9 Å². The smallest absolute Gasteiger partial charge is 0.330 e. The zero-order valence-corrected chi connectivity index (χ0v) is 17.0. The molecule has 6 nitrogen and oxygen atoms in total. The predicted molar refractivity (Wildman–Crippen MR) is 105 cm³/mol. The van der Waals surface area contributed by atoms with Gasteiger partial charge in [-0.1, -0.05) is 24.2 Å². The van der Waals surface area contributed by atoms with E-state index in [0.717, 1.165) is 53.0 Å². The fourth-order valence-corrected chi connectivity index (χ4v) is 4.80. The monoisotopic (exact) mass is 445 g/mol. The maximum absolute atomic E-state index is 14.5. The number of hydrogen-bond donors (Lipinski definition) is 1. The molecule has 1 aliphatic rings. The summed E-state index contributed by atoms with van der Waals surface area (Å²) in [6.07, 6.45) is 4.38. The molecule has 1 heterocycles. The van der Waals surface area contributed by atoms with Gasteiger partial charge in [0.25, 0.3) is 0 Å². The fraction of sp³-hybridized carbons (Fsp3) is 0.389. The Hall–Kier alpha value is -2.27. The number of thiazole rings is 1. The summed E-state index contributed by atoms with van der Waals surface area (Å²) in [7, 11) is 1.45. The average Bonchev–Trinajstić information content (AvgIpc) is 3.38. The van der Waals surface area contributed by atoms with Crippen LogP contribution in [0.5, 0.6) is 0 Å². The van der Waals surface area contributed by atoms with E-state index in [4.69, 9.17) is 5.11 Å². The van der Waals surface area contributed by atoms with Crippen molar-refractivity contribution in [1.29, 1.82) is 0 Å². The van der Waals surface area contributed by atoms with Crippen molar-refractivity contribution in [2.45, 2.75) is 35.9 Å². The number of aliphatic carboxylic acids is 1. The predicted octanol–water partition coefficient (Wildman–Crippen LogP) is 4.74. The quantitative estimate of drug-likeness (QED) is 0.514. The SMILES string of the molecule is CN(C(=O)N(c1ccc(F)c(F)c1F)C1CCCC1)c1ncc(SCC(=O)O)s1. The highest BCUT2D eigenvalue weighted by Gasteiger charge is 2.34. The Labute approximate surface area is 173 Å². The molecule has 0 bridgehead atoms. The Morgan fingerprint density at radius 2 is 1.93 bits per heavy atom. The summed E-state index contributed by atoms with van der Waals surface area (Å²) in [5.41, 5.74) is -0.315. The first-order valence-corrected chi connectivity index (χ1v) is 10.6. The Morgan fingerprint density at radius 3 is 2.59 bits per heavy atom. The summed E-state index contributed by atoms with van der Waals surface area (Å²) >= 11 is 2.18. The highest BCUT2D eigenvalue weighted by molar-refractivity contribution is 8.01. The first kappa shape index (κ1) is 21.4. The highest BCUT2D eigenvalue weighted by Crippen LogP contribution is 2.35. The van der Waals surface area contributed by atoms with Crippen LogP contribution in [-0.4, -0.2) is 40.9 Å². The van der Waals surface area contributed by atoms with Crippen molar-refractivity contribution in [1.82, 2.24) is 4.98 Å². The molecule has 156 valence electrons. The van der Waals surface area contributed by atoms with E-state index >= 15 is 0 Å². The van der Waals surface area contributed by atoms with Gasteiger partial charge in [-0.05, 0) is 25.0 Å². The molecule has 0 atom stereocenters. The van der Waals surface area contributed by atoms with Crippen LogP contribution in [0.2, 0.25) is 0 Å². The summed E-state index contributed by atoms with van der Waals surface area (Å²) in [4.78, 5) is 30.4. The van der Waals surface area contributed by atoms with Gasteiger partial charge in [-0.2, -0.15) is 0 Å². The molecule has 11 heteroatoms. The van der Waals surface area contributed by atoms with Gasteiger partial charge < -0.3 is 5.11 Å². The summed E-state index contributed by atoms with van der Waals surface area (Å²) in [5.74, 6) is -5.47. The number of urea groups is 1. The minimum atomic E-state index is -1.62. The topological polar surface area (TPSA) is 73.7 Å². The Morgan fingerprint density at radius 1 is 1.24 bits per heavy atom. The summed E-state index contributed by atoms with van der Waals surface area (Å²) in [5, 5.41) is 9.05. The second-order valence-corrected chi connectivity index (χ2v) is 8.77. The van der Waals surface area contributed by atoms with Crippen molar-refractivity contribution >= 4 is 45.9 Å². The third-order valence-corrected chi connectivity index (χ3v) is 6.81. The van der Waals surface area contributed by atoms with E-state index in [1.54, 1.807) is 0 Å². The summed E-state index contributed by atoms with van der Waals surface area (Å²) in [6, 6.07) is 0.900. The van der Waals surface area contributed by atoms with Crippen LogP contribution in [0.3, 0.4) is 0 Å². The van der Waals surface area contributed by atoms with Gasteiger partial charge in [0.05, 0.1) is 21.8 Å². The van der Waals surface area contributed by atoms with E-state index in [-0.39, 0.29) is 22.6 Å². The van der Waals surface area contributed by atoms with E-state index in [0.29, 0.717) is 17.1 Å². The third kappa shape index (κ3) is 4.67. The first-order valence-electron chi connectivity index (χ1n) is 8.80. The minimum Gasteiger partial charge on any atom is -0.481 e. The lowest BCUT2D eigenvalue weighted by atomic mass is 10.1. The minimum absolute atomic E-state index is 0.145. The van der Waals surface area contributed by atoms with Gasteiger partial charge in [0, 0.05) is 13.1 Å². The number of amides is 2. The Kier molecular flexibility index (Phi) is 6.68. The zero-order chi connectivity index (χ0) is 21.1. The van der Waals surface area contributed by atoms with Crippen LogP contribution in [0.25, 0.3) is 0 Å². The number of aromatic nitrogens is 1. The molecule has 1 aromatic heterocycles. The molecule has 0 saturated heterocycles. The van der Waals surface area contributed by atoms with E-state index < -0.39 is 29.5 Å². The normalized spacial score (nSPS) is 14.2. The second kappa shape index (κ2) is 9.04. The lowest BCUT2D eigenvalue weighted by Crippen LogP contribution is -2.47. The largest absolute Gasteiger partial charge is 0.481 e. The number of carbonyl (C=O) groups excluding carboxylic acids is 1. The molecule has 0 unspecified atom stereocenters. The Bertz CT molecular complexity index is 919. The number of carboxylic acid groups (broad SMARTS) is 1. The van der Waals surface area contributed by atoms with Crippen LogP contribution >= 0.6 is 23.1 Å². The van der Waals surface area contributed by atoms with Crippen LogP contribution in [0, 0.1) is 17.5 Å². The molecule has 0 radical (unpaired) electrons. The number of carbonyl (C=O) groups is 2. The summed E-state index contributed by atoms with van der Waals surface area (Å²) in [6.45, 7) is 0. The van der Waals surface area contributed by atoms with E-state index in [9.17, 15) is 22.8 Å². The van der Waals surface area contributed by atoms with Crippen molar-refractivity contribution in [2.75, 3.05) is 22.6 Å². The van der Waals surface area contributed by atoms with Crippen LogP contribution in [-0.2, 0) is 4.79 Å². The standard InChI is InChI=1S/C18H18F3N3O3S2/c1-23(17-22-8-14(29-17)28-9-13(25)26)18(27)24(10-4-2-3-5-10)12-7-6-11(19)15(20)16(12)21/h6-8,10H,2-5,9H2,1H3,(H,25,26). The molecule has 1 fully saturated rings. The number of nitrogens with zero attached hydrogens (tertiary/aromatic N) is 3. The molecular formula is C18H18F3N3O3S2. The molecule has 1 N–H and O–H groups in total. The number of thioether (sulfide) groups is 1. The molecular weight excluding hydrogens is 427 g/mol. The van der Waals surface area contributed by atoms with Gasteiger partial charge in [-0.3, -0.25) is 14.6 Å². The van der Waals surface area contributed by atoms with Gasteiger partial charge in [-0.25, -0.2) is 22.9 Å². The van der Waals surface area contributed by atoms with Gasteiger partial charge >= 0.3 is 12.0 Å². The number of anilines is 2. The third-order valence-electron chi connectivity index (χ3n) is 4.55. The molecule has 1 aromatic carbocycles. The number of rotatable bonds is 6. The second-order valence-electron chi connectivity index (χ2n) is 6.49. The van der Waals surface area contributed by atoms with E-state index in [2.05, 4.69) is 4.98 Å². The maximum Gasteiger partial charge on any atom is 0.330 e. The molecule has 2 aromatic rings. The lowest BCUT2D eigenvalue weighted by molar-refractivity contribution is -0.133. The number of hydrogen-bond acceptors (Lipinski definition) is 5. The number of benzene rings is 1. The molecule has 2 amide bonds. The van der Waals surface area contributed by atoms with E-state index in [1.165, 1.54) is 18.1 Å². The molecule has 1 saturated carbocycles. The maximum atomic E-state index is 14.5. The van der Waals surface area contributed by atoms with Gasteiger partial charge in [0.2, 0.25) is 0 Å². The first-order chi connectivity index (χ1) is 13.8. The number of halogens is 3. The molecule has 0 spiro atoms. The Balaban J connectivity index is 1.89. The number of carboxylic acids is 1. The van der Waals surface area contributed by atoms with Crippen LogP contribution < -0.4 is 9.80 Å². The van der Waals surface area contributed by atoms with E-state index in [1.807, 2.05) is 0 Å². The van der Waals surface area contributed by atoms with Gasteiger partial charge in [0.15, 0.2) is 22.6 Å². The lowest BCUT2D eigenvalue weighted by Gasteiger charge is -2.32. The molecule has 1 aliphatic carbocycles. The van der Waals surface area contributed by atoms with Crippen LogP contribution in [0.15, 0.2) is 22.5 Å². The van der Waals surface area contributed by atoms with Gasteiger partial charge in [-0.15, -0.1) is 11.8 Å². The van der Waals surface area contributed by atoms with Gasteiger partial charge in [0.1, 0.15) is 0 Å². The van der Waals surface area contributed by atoms with Crippen molar-refractivity contribution in [2.24, 2.45) is 0 Å². The fourth-order valence-electron chi connectivity index (χ4n) is 3.17. The molecule has 29 heavy (non-hydrogen) atoms. The van der Waals surface area contributed by atoms with Crippen molar-refractivity contribution in [3.05, 3.63) is 35.8 Å². The van der Waals surface area contributed by atoms with Crippen molar-refractivity contribution in [3.8, 4) is 0 Å². The highest BCUT2D eigenvalue weighted by atomic mass is 32.2. The van der Waals surface area contributed by atoms with Crippen molar-refractivity contribution in [3.63, 3.8) is 0 Å².